The van der Waals surface area contributed by atoms with E-state index in [0.29, 0.717) is 17.5 Å². The number of rotatable bonds is 5. The van der Waals surface area contributed by atoms with Gasteiger partial charge < -0.3 is 4.52 Å². The van der Waals surface area contributed by atoms with Crippen molar-refractivity contribution in [3.63, 3.8) is 0 Å². The van der Waals surface area contributed by atoms with Gasteiger partial charge in [0.2, 0.25) is 11.7 Å². The average Bonchev–Trinajstić information content (AvgIpc) is 3.19. The Bertz CT molecular complexity index is 1170. The van der Waals surface area contributed by atoms with Crippen LogP contribution in [0.25, 0.3) is 21.6 Å². The van der Waals surface area contributed by atoms with Crippen LogP contribution in [0.15, 0.2) is 50.2 Å². The Labute approximate surface area is 163 Å². The summed E-state index contributed by atoms with van der Waals surface area (Å²) >= 11 is 2.92. The standard InChI is InChI=1S/C19H16N4O2S2/c1-11-2-4-12(5-3-11)17-21-15(25-22-17)10-27-19-20-14-8-9-26-16(14)18(24)23(19)13-6-7-13/h2-5,8-9,13H,6-7,10H2,1H3. The van der Waals surface area contributed by atoms with Crippen molar-refractivity contribution in [1.82, 2.24) is 19.7 Å². The first-order valence-corrected chi connectivity index (χ1v) is 10.6. The van der Waals surface area contributed by atoms with E-state index >= 15 is 0 Å². The van der Waals surface area contributed by atoms with Crippen LogP contribution in [0.5, 0.6) is 0 Å². The van der Waals surface area contributed by atoms with E-state index in [-0.39, 0.29) is 11.6 Å². The SMILES string of the molecule is Cc1ccc(-c2noc(CSc3nc4ccsc4c(=O)n3C3CC3)n2)cc1. The van der Waals surface area contributed by atoms with Crippen LogP contribution >= 0.6 is 23.1 Å². The van der Waals surface area contributed by atoms with Crippen molar-refractivity contribution in [3.8, 4) is 11.4 Å². The average molecular weight is 396 g/mol. The summed E-state index contributed by atoms with van der Waals surface area (Å²) in [5.41, 5.74) is 2.93. The molecule has 0 amide bonds. The van der Waals surface area contributed by atoms with Crippen LogP contribution < -0.4 is 5.56 Å². The molecule has 1 aliphatic rings. The fourth-order valence-electron chi connectivity index (χ4n) is 2.92. The van der Waals surface area contributed by atoms with E-state index in [1.54, 1.807) is 0 Å². The van der Waals surface area contributed by atoms with E-state index in [9.17, 15) is 4.79 Å². The molecule has 27 heavy (non-hydrogen) atoms. The molecule has 8 heteroatoms. The number of hydrogen-bond donors (Lipinski definition) is 0. The third-order valence-electron chi connectivity index (χ3n) is 4.49. The van der Waals surface area contributed by atoms with E-state index in [4.69, 9.17) is 9.51 Å². The first kappa shape index (κ1) is 16.7. The van der Waals surface area contributed by atoms with Gasteiger partial charge in [0.25, 0.3) is 5.56 Å². The summed E-state index contributed by atoms with van der Waals surface area (Å²) in [7, 11) is 0. The van der Waals surface area contributed by atoms with Crippen molar-refractivity contribution >= 4 is 33.3 Å². The fraction of sp³-hybridized carbons (Fsp3) is 0.263. The lowest BCUT2D eigenvalue weighted by Gasteiger charge is -2.09. The van der Waals surface area contributed by atoms with Crippen molar-refractivity contribution in [2.24, 2.45) is 0 Å². The number of hydrogen-bond acceptors (Lipinski definition) is 7. The van der Waals surface area contributed by atoms with Crippen LogP contribution in [-0.2, 0) is 5.75 Å². The van der Waals surface area contributed by atoms with E-state index in [0.717, 1.165) is 33.8 Å². The van der Waals surface area contributed by atoms with Crippen molar-refractivity contribution in [3.05, 3.63) is 57.5 Å². The number of aryl methyl sites for hydroxylation is 1. The van der Waals surface area contributed by atoms with E-state index in [1.165, 1.54) is 28.7 Å². The molecule has 0 spiro atoms. The summed E-state index contributed by atoms with van der Waals surface area (Å²) in [5.74, 6) is 1.58. The molecule has 0 N–H and O–H groups in total. The van der Waals surface area contributed by atoms with Crippen LogP contribution in [0.2, 0.25) is 0 Å². The highest BCUT2D eigenvalue weighted by atomic mass is 32.2. The molecule has 0 saturated heterocycles. The summed E-state index contributed by atoms with van der Waals surface area (Å²) in [6.07, 6.45) is 2.06. The molecule has 1 fully saturated rings. The molecule has 4 aromatic rings. The van der Waals surface area contributed by atoms with Crippen LogP contribution in [0.4, 0.5) is 0 Å². The maximum absolute atomic E-state index is 12.8. The van der Waals surface area contributed by atoms with Crippen LogP contribution in [0.1, 0.15) is 30.3 Å². The highest BCUT2D eigenvalue weighted by Crippen LogP contribution is 2.37. The molecule has 1 aromatic carbocycles. The van der Waals surface area contributed by atoms with E-state index in [2.05, 4.69) is 10.1 Å². The lowest BCUT2D eigenvalue weighted by atomic mass is 10.1. The monoisotopic (exact) mass is 396 g/mol. The molecule has 3 heterocycles. The predicted octanol–water partition coefficient (Wildman–Crippen LogP) is 4.44. The Morgan fingerprint density at radius 2 is 2.04 bits per heavy atom. The van der Waals surface area contributed by atoms with Gasteiger partial charge in [0, 0.05) is 11.6 Å². The van der Waals surface area contributed by atoms with Gasteiger partial charge >= 0.3 is 0 Å². The van der Waals surface area contributed by atoms with Crippen LogP contribution in [0, 0.1) is 6.92 Å². The minimum absolute atomic E-state index is 0.0610. The number of aromatic nitrogens is 4. The number of nitrogens with zero attached hydrogens (tertiary/aromatic N) is 4. The second kappa shape index (κ2) is 6.61. The molecule has 0 atom stereocenters. The highest BCUT2D eigenvalue weighted by Gasteiger charge is 2.29. The zero-order valence-electron chi connectivity index (χ0n) is 14.6. The fourth-order valence-corrected chi connectivity index (χ4v) is 4.59. The minimum atomic E-state index is 0.0610. The van der Waals surface area contributed by atoms with Gasteiger partial charge in [-0.3, -0.25) is 9.36 Å². The van der Waals surface area contributed by atoms with Gasteiger partial charge in [-0.05, 0) is 31.2 Å². The Morgan fingerprint density at radius 1 is 1.22 bits per heavy atom. The van der Waals surface area contributed by atoms with Gasteiger partial charge in [-0.1, -0.05) is 46.7 Å². The first-order chi connectivity index (χ1) is 13.2. The van der Waals surface area contributed by atoms with Gasteiger partial charge in [-0.2, -0.15) is 4.98 Å². The topological polar surface area (TPSA) is 73.8 Å². The lowest BCUT2D eigenvalue weighted by molar-refractivity contribution is 0.391. The Hall–Kier alpha value is -2.45. The van der Waals surface area contributed by atoms with Gasteiger partial charge in [0.1, 0.15) is 4.70 Å². The van der Waals surface area contributed by atoms with Crippen LogP contribution in [0.3, 0.4) is 0 Å². The summed E-state index contributed by atoms with van der Waals surface area (Å²) in [6, 6.07) is 10.2. The van der Waals surface area contributed by atoms with Crippen molar-refractivity contribution in [2.75, 3.05) is 0 Å². The lowest BCUT2D eigenvalue weighted by Crippen LogP contribution is -2.21. The Kier molecular flexibility index (Phi) is 4.09. The number of fused-ring (bicyclic) bond motifs is 1. The predicted molar refractivity (Wildman–Crippen MR) is 106 cm³/mol. The molecule has 1 aliphatic carbocycles. The smallest absolute Gasteiger partial charge is 0.272 e. The van der Waals surface area contributed by atoms with Crippen molar-refractivity contribution < 1.29 is 4.52 Å². The van der Waals surface area contributed by atoms with Gasteiger partial charge in [-0.25, -0.2) is 4.98 Å². The van der Waals surface area contributed by atoms with E-state index < -0.39 is 0 Å². The number of thioether (sulfide) groups is 1. The van der Waals surface area contributed by atoms with Gasteiger partial charge in [-0.15, -0.1) is 11.3 Å². The molecular formula is C19H16N4O2S2. The third kappa shape index (κ3) is 3.19. The highest BCUT2D eigenvalue weighted by molar-refractivity contribution is 7.98. The van der Waals surface area contributed by atoms with Crippen LogP contribution in [-0.4, -0.2) is 19.7 Å². The summed E-state index contributed by atoms with van der Waals surface area (Å²) in [4.78, 5) is 22.0. The molecule has 136 valence electrons. The van der Waals surface area contributed by atoms with Gasteiger partial charge in [0.15, 0.2) is 5.16 Å². The molecule has 0 unspecified atom stereocenters. The zero-order chi connectivity index (χ0) is 18.4. The Balaban J connectivity index is 1.41. The number of benzene rings is 1. The second-order valence-electron chi connectivity index (χ2n) is 6.60. The molecule has 3 aromatic heterocycles. The normalized spacial score (nSPS) is 14.1. The first-order valence-electron chi connectivity index (χ1n) is 8.71. The third-order valence-corrected chi connectivity index (χ3v) is 6.32. The summed E-state index contributed by atoms with van der Waals surface area (Å²) in [6.45, 7) is 2.04. The quantitative estimate of drug-likeness (QED) is 0.367. The van der Waals surface area contributed by atoms with E-state index in [1.807, 2.05) is 47.2 Å². The molecule has 0 aliphatic heterocycles. The summed E-state index contributed by atoms with van der Waals surface area (Å²) in [5, 5.41) is 6.71. The van der Waals surface area contributed by atoms with Crippen molar-refractivity contribution in [1.29, 1.82) is 0 Å². The Morgan fingerprint density at radius 3 is 2.81 bits per heavy atom. The molecule has 0 radical (unpaired) electrons. The second-order valence-corrected chi connectivity index (χ2v) is 8.46. The maximum atomic E-state index is 12.8. The minimum Gasteiger partial charge on any atom is -0.338 e. The number of thiophene rings is 1. The molecule has 5 rings (SSSR count). The van der Waals surface area contributed by atoms with Crippen molar-refractivity contribution in [2.45, 2.75) is 36.7 Å². The molecule has 6 nitrogen and oxygen atoms in total. The molecular weight excluding hydrogens is 380 g/mol. The molecule has 0 bridgehead atoms. The molecule has 1 saturated carbocycles. The van der Waals surface area contributed by atoms with Gasteiger partial charge in [0.05, 0.1) is 11.3 Å². The summed E-state index contributed by atoms with van der Waals surface area (Å²) < 4.78 is 7.96. The maximum Gasteiger partial charge on any atom is 0.272 e. The zero-order valence-corrected chi connectivity index (χ0v) is 16.2. The largest absolute Gasteiger partial charge is 0.338 e.